The molecule has 1 N–H and O–H groups in total. The van der Waals surface area contributed by atoms with Crippen LogP contribution >= 0.6 is 0 Å². The van der Waals surface area contributed by atoms with Gasteiger partial charge in [0.2, 0.25) is 5.91 Å². The molecule has 86 valence electrons. The van der Waals surface area contributed by atoms with Crippen molar-refractivity contribution in [1.82, 2.24) is 20.2 Å². The minimum absolute atomic E-state index is 0.106. The number of nitrogens with one attached hydrogen (secondary N) is 1. The van der Waals surface area contributed by atoms with E-state index in [2.05, 4.69) is 15.3 Å². The van der Waals surface area contributed by atoms with Crippen molar-refractivity contribution in [3.63, 3.8) is 0 Å². The fourth-order valence-corrected chi connectivity index (χ4v) is 2.11. The lowest BCUT2D eigenvalue weighted by molar-refractivity contribution is -0.131. The van der Waals surface area contributed by atoms with E-state index in [9.17, 15) is 4.79 Å². The molecule has 1 saturated heterocycles. The number of carbonyl (C=O) groups is 1. The minimum Gasteiger partial charge on any atom is -0.333 e. The van der Waals surface area contributed by atoms with E-state index in [1.165, 1.54) is 0 Å². The first-order valence-electron chi connectivity index (χ1n) is 5.53. The highest BCUT2D eigenvalue weighted by molar-refractivity contribution is 5.79. The largest absolute Gasteiger partial charge is 0.333 e. The van der Waals surface area contributed by atoms with E-state index in [-0.39, 0.29) is 11.9 Å². The fraction of sp³-hybridized carbons (Fsp3) is 0.545. The van der Waals surface area contributed by atoms with Crippen molar-refractivity contribution in [2.45, 2.75) is 18.9 Å². The standard InChI is InChI=1S/C11H16N4O/c1-12-8-11(16)15-6-2-3-10(15)9-7-13-4-5-14-9/h4-5,7,10,12H,2-3,6,8H2,1H3/t10-/m0/s1. The molecule has 2 rings (SSSR count). The monoisotopic (exact) mass is 220 g/mol. The molecule has 5 nitrogen and oxygen atoms in total. The highest BCUT2D eigenvalue weighted by atomic mass is 16.2. The molecule has 1 aliphatic rings. The van der Waals surface area contributed by atoms with Gasteiger partial charge in [0.1, 0.15) is 0 Å². The second-order valence-electron chi connectivity index (χ2n) is 3.91. The van der Waals surface area contributed by atoms with Gasteiger partial charge in [0.15, 0.2) is 0 Å². The van der Waals surface area contributed by atoms with Gasteiger partial charge in [0, 0.05) is 18.9 Å². The molecule has 0 aliphatic carbocycles. The summed E-state index contributed by atoms with van der Waals surface area (Å²) in [6, 6.07) is 0.106. The Hall–Kier alpha value is -1.49. The summed E-state index contributed by atoms with van der Waals surface area (Å²) in [6.45, 7) is 1.21. The van der Waals surface area contributed by atoms with Crippen LogP contribution in [-0.4, -0.2) is 40.9 Å². The number of likely N-dealkylation sites (N-methyl/N-ethyl adjacent to an activating group) is 1. The molecule has 0 bridgehead atoms. The third-order valence-corrected chi connectivity index (χ3v) is 2.83. The van der Waals surface area contributed by atoms with Crippen LogP contribution in [0.4, 0.5) is 0 Å². The van der Waals surface area contributed by atoms with Crippen molar-refractivity contribution in [3.05, 3.63) is 24.3 Å². The van der Waals surface area contributed by atoms with E-state index in [1.807, 2.05) is 4.90 Å². The average Bonchev–Trinajstić information content (AvgIpc) is 2.79. The number of aromatic nitrogens is 2. The lowest BCUT2D eigenvalue weighted by Gasteiger charge is -2.23. The van der Waals surface area contributed by atoms with Crippen LogP contribution in [0.3, 0.4) is 0 Å². The Morgan fingerprint density at radius 3 is 3.19 bits per heavy atom. The molecule has 0 saturated carbocycles. The van der Waals surface area contributed by atoms with Gasteiger partial charge in [-0.2, -0.15) is 0 Å². The summed E-state index contributed by atoms with van der Waals surface area (Å²) >= 11 is 0. The SMILES string of the molecule is CNCC(=O)N1CCC[C@H]1c1cnccn1. The van der Waals surface area contributed by atoms with Gasteiger partial charge in [-0.05, 0) is 19.9 Å². The summed E-state index contributed by atoms with van der Waals surface area (Å²) in [5, 5.41) is 2.89. The lowest BCUT2D eigenvalue weighted by atomic mass is 10.1. The first kappa shape index (κ1) is 11.0. The van der Waals surface area contributed by atoms with Crippen LogP contribution in [0.5, 0.6) is 0 Å². The molecule has 0 spiro atoms. The minimum atomic E-state index is 0.106. The average molecular weight is 220 g/mol. The fourth-order valence-electron chi connectivity index (χ4n) is 2.11. The van der Waals surface area contributed by atoms with Crippen LogP contribution in [-0.2, 0) is 4.79 Å². The van der Waals surface area contributed by atoms with Crippen LogP contribution in [0.15, 0.2) is 18.6 Å². The summed E-state index contributed by atoms with van der Waals surface area (Å²) < 4.78 is 0. The van der Waals surface area contributed by atoms with Gasteiger partial charge in [-0.25, -0.2) is 0 Å². The molecule has 1 aromatic heterocycles. The first-order valence-corrected chi connectivity index (χ1v) is 5.53. The highest BCUT2D eigenvalue weighted by Gasteiger charge is 2.30. The summed E-state index contributed by atoms with van der Waals surface area (Å²) in [7, 11) is 1.78. The quantitative estimate of drug-likeness (QED) is 0.799. The lowest BCUT2D eigenvalue weighted by Crippen LogP contribution is -2.36. The Kier molecular flexibility index (Phi) is 3.46. The van der Waals surface area contributed by atoms with Crippen LogP contribution < -0.4 is 5.32 Å². The number of hydrogen-bond acceptors (Lipinski definition) is 4. The third-order valence-electron chi connectivity index (χ3n) is 2.83. The maximum Gasteiger partial charge on any atom is 0.237 e. The Morgan fingerprint density at radius 2 is 2.50 bits per heavy atom. The van der Waals surface area contributed by atoms with Gasteiger partial charge in [-0.15, -0.1) is 0 Å². The topological polar surface area (TPSA) is 58.1 Å². The van der Waals surface area contributed by atoms with Gasteiger partial charge >= 0.3 is 0 Å². The summed E-state index contributed by atoms with van der Waals surface area (Å²) in [6.07, 6.45) is 7.09. The zero-order chi connectivity index (χ0) is 11.4. The van der Waals surface area contributed by atoms with E-state index in [4.69, 9.17) is 0 Å². The van der Waals surface area contributed by atoms with E-state index in [0.717, 1.165) is 25.1 Å². The van der Waals surface area contributed by atoms with E-state index >= 15 is 0 Å². The van der Waals surface area contributed by atoms with Crippen molar-refractivity contribution in [1.29, 1.82) is 0 Å². The molecular weight excluding hydrogens is 204 g/mol. The number of carbonyl (C=O) groups excluding carboxylic acids is 1. The molecule has 1 fully saturated rings. The van der Waals surface area contributed by atoms with Gasteiger partial charge in [-0.3, -0.25) is 14.8 Å². The maximum atomic E-state index is 11.8. The Balaban J connectivity index is 2.12. The first-order chi connectivity index (χ1) is 7.83. The molecule has 16 heavy (non-hydrogen) atoms. The Labute approximate surface area is 94.9 Å². The predicted octanol–water partition coefficient (Wildman–Crippen LogP) is 0.359. The van der Waals surface area contributed by atoms with Crippen LogP contribution in [0.2, 0.25) is 0 Å². The van der Waals surface area contributed by atoms with Crippen molar-refractivity contribution < 1.29 is 4.79 Å². The number of likely N-dealkylation sites (tertiary alicyclic amines) is 1. The molecule has 0 unspecified atom stereocenters. The number of amides is 1. The van der Waals surface area contributed by atoms with E-state index < -0.39 is 0 Å². The molecule has 0 radical (unpaired) electrons. The molecule has 1 amide bonds. The second kappa shape index (κ2) is 5.03. The highest BCUT2D eigenvalue weighted by Crippen LogP contribution is 2.29. The van der Waals surface area contributed by atoms with Crippen molar-refractivity contribution in [3.8, 4) is 0 Å². The Bertz CT molecular complexity index is 354. The number of hydrogen-bond donors (Lipinski definition) is 1. The van der Waals surface area contributed by atoms with Crippen molar-refractivity contribution in [2.24, 2.45) is 0 Å². The van der Waals surface area contributed by atoms with Gasteiger partial charge in [0.25, 0.3) is 0 Å². The van der Waals surface area contributed by atoms with Crippen LogP contribution in [0, 0.1) is 0 Å². The van der Waals surface area contributed by atoms with Crippen molar-refractivity contribution in [2.75, 3.05) is 20.1 Å². The van der Waals surface area contributed by atoms with E-state index in [0.29, 0.717) is 6.54 Å². The maximum absolute atomic E-state index is 11.8. The zero-order valence-electron chi connectivity index (χ0n) is 9.39. The second-order valence-corrected chi connectivity index (χ2v) is 3.91. The van der Waals surface area contributed by atoms with E-state index in [1.54, 1.807) is 25.6 Å². The van der Waals surface area contributed by atoms with Gasteiger partial charge in [0.05, 0.1) is 24.5 Å². The van der Waals surface area contributed by atoms with Crippen LogP contribution in [0.25, 0.3) is 0 Å². The van der Waals surface area contributed by atoms with Gasteiger partial charge in [-0.1, -0.05) is 0 Å². The van der Waals surface area contributed by atoms with Gasteiger partial charge < -0.3 is 10.2 Å². The summed E-state index contributed by atoms with van der Waals surface area (Å²) in [5.41, 5.74) is 0.893. The molecule has 1 atom stereocenters. The Morgan fingerprint density at radius 1 is 1.62 bits per heavy atom. The molecule has 5 heteroatoms. The van der Waals surface area contributed by atoms with Crippen LogP contribution in [0.1, 0.15) is 24.6 Å². The molecule has 0 aromatic carbocycles. The molecule has 1 aromatic rings. The normalized spacial score (nSPS) is 20.1. The number of rotatable bonds is 3. The molecule has 2 heterocycles. The summed E-state index contributed by atoms with van der Waals surface area (Å²) in [5.74, 6) is 0.135. The smallest absolute Gasteiger partial charge is 0.237 e. The summed E-state index contributed by atoms with van der Waals surface area (Å²) in [4.78, 5) is 22.1. The third kappa shape index (κ3) is 2.19. The number of nitrogens with zero attached hydrogens (tertiary/aromatic N) is 3. The molecule has 1 aliphatic heterocycles. The zero-order valence-corrected chi connectivity index (χ0v) is 9.39. The van der Waals surface area contributed by atoms with Crippen molar-refractivity contribution >= 4 is 5.91 Å². The molecular formula is C11H16N4O. The predicted molar refractivity (Wildman–Crippen MR) is 59.6 cm³/mol.